The molecule has 0 spiro atoms. The highest BCUT2D eigenvalue weighted by atomic mass is 16.6. The second-order valence-corrected chi connectivity index (χ2v) is 7.91. The van der Waals surface area contributed by atoms with Crippen LogP contribution in [0.3, 0.4) is 0 Å². The summed E-state index contributed by atoms with van der Waals surface area (Å²) < 4.78 is 10.6. The van der Waals surface area contributed by atoms with E-state index in [1.165, 1.54) is 24.3 Å². The van der Waals surface area contributed by atoms with Gasteiger partial charge in [0.25, 0.3) is 0 Å². The normalized spacial score (nSPS) is 14.3. The predicted molar refractivity (Wildman–Crippen MR) is 121 cm³/mol. The number of carbonyl (C=O) groups excluding carboxylic acids is 2. The Morgan fingerprint density at radius 2 is 1.00 bits per heavy atom. The zero-order chi connectivity index (χ0) is 23.8. The van der Waals surface area contributed by atoms with Crippen molar-refractivity contribution in [2.45, 2.75) is 38.9 Å². The number of hydrogen-bond acceptors (Lipinski definition) is 6. The Kier molecular flexibility index (Phi) is 8.52. The SMILES string of the molecule is CC(C)=CCOC(=O)C(O)(c1ccccc1)C(O)(C(=O)OCC=C(C)C)c1ccccc1. The van der Waals surface area contributed by atoms with Crippen molar-refractivity contribution >= 4 is 11.9 Å². The van der Waals surface area contributed by atoms with Crippen molar-refractivity contribution < 1.29 is 29.3 Å². The van der Waals surface area contributed by atoms with E-state index in [9.17, 15) is 19.8 Å². The molecule has 0 heterocycles. The lowest BCUT2D eigenvalue weighted by atomic mass is 9.73. The lowest BCUT2D eigenvalue weighted by molar-refractivity contribution is -0.218. The molecular weight excluding hydrogens is 408 g/mol. The summed E-state index contributed by atoms with van der Waals surface area (Å²) in [5.41, 5.74) is -3.75. The summed E-state index contributed by atoms with van der Waals surface area (Å²) in [6.45, 7) is 7.06. The summed E-state index contributed by atoms with van der Waals surface area (Å²) in [6, 6.07) is 15.5. The van der Waals surface area contributed by atoms with Crippen LogP contribution in [0, 0.1) is 0 Å². The number of rotatable bonds is 9. The van der Waals surface area contributed by atoms with E-state index in [1.807, 2.05) is 27.7 Å². The Morgan fingerprint density at radius 3 is 1.28 bits per heavy atom. The molecule has 0 bridgehead atoms. The van der Waals surface area contributed by atoms with Gasteiger partial charge < -0.3 is 19.7 Å². The van der Waals surface area contributed by atoms with Gasteiger partial charge >= 0.3 is 11.9 Å². The lowest BCUT2D eigenvalue weighted by Gasteiger charge is -2.39. The molecule has 0 aliphatic rings. The van der Waals surface area contributed by atoms with Gasteiger partial charge in [-0.25, -0.2) is 9.59 Å². The van der Waals surface area contributed by atoms with Crippen molar-refractivity contribution in [3.63, 3.8) is 0 Å². The van der Waals surface area contributed by atoms with Gasteiger partial charge in [-0.3, -0.25) is 0 Å². The first-order valence-corrected chi connectivity index (χ1v) is 10.3. The summed E-state index contributed by atoms with van der Waals surface area (Å²) in [6.07, 6.45) is 3.30. The van der Waals surface area contributed by atoms with Crippen LogP contribution < -0.4 is 0 Å². The average molecular weight is 439 g/mol. The van der Waals surface area contributed by atoms with Crippen molar-refractivity contribution in [3.05, 3.63) is 95.1 Å². The lowest BCUT2D eigenvalue weighted by Crippen LogP contribution is -2.60. The molecule has 2 unspecified atom stereocenters. The summed E-state index contributed by atoms with van der Waals surface area (Å²) in [5, 5.41) is 23.6. The van der Waals surface area contributed by atoms with Gasteiger partial charge in [-0.1, -0.05) is 71.8 Å². The third-order valence-electron chi connectivity index (χ3n) is 4.91. The molecule has 0 fully saturated rings. The molecule has 6 heteroatoms. The summed E-state index contributed by atoms with van der Waals surface area (Å²) >= 11 is 0. The van der Waals surface area contributed by atoms with Gasteiger partial charge in [-0.2, -0.15) is 0 Å². The van der Waals surface area contributed by atoms with Crippen LogP contribution in [0.25, 0.3) is 0 Å². The molecule has 0 aliphatic carbocycles. The summed E-state index contributed by atoms with van der Waals surface area (Å²) in [7, 11) is 0. The second kappa shape index (κ2) is 10.9. The molecule has 0 aromatic heterocycles. The molecule has 0 aliphatic heterocycles. The quantitative estimate of drug-likeness (QED) is 0.457. The highest BCUT2D eigenvalue weighted by Gasteiger charge is 2.64. The van der Waals surface area contributed by atoms with E-state index in [2.05, 4.69) is 0 Å². The molecule has 2 atom stereocenters. The van der Waals surface area contributed by atoms with E-state index < -0.39 is 23.1 Å². The van der Waals surface area contributed by atoms with Crippen molar-refractivity contribution in [2.75, 3.05) is 13.2 Å². The maximum Gasteiger partial charge on any atom is 0.347 e. The third-order valence-corrected chi connectivity index (χ3v) is 4.91. The number of aliphatic hydroxyl groups is 2. The fourth-order valence-electron chi connectivity index (χ4n) is 3.08. The third kappa shape index (κ3) is 5.33. The minimum absolute atomic E-state index is 0.00674. The van der Waals surface area contributed by atoms with Crippen molar-refractivity contribution in [2.24, 2.45) is 0 Å². The number of hydrogen-bond donors (Lipinski definition) is 2. The molecule has 0 radical (unpaired) electrons. The van der Waals surface area contributed by atoms with Crippen molar-refractivity contribution in [1.29, 1.82) is 0 Å². The number of allylic oxidation sites excluding steroid dienone is 2. The zero-order valence-corrected chi connectivity index (χ0v) is 18.9. The molecule has 0 saturated heterocycles. The van der Waals surface area contributed by atoms with Crippen LogP contribution in [0.5, 0.6) is 0 Å². The van der Waals surface area contributed by atoms with E-state index in [0.29, 0.717) is 0 Å². The molecule has 2 rings (SSSR count). The molecule has 2 aromatic rings. The Balaban J connectivity index is 2.66. The van der Waals surface area contributed by atoms with Gasteiger partial charge in [0.05, 0.1) is 0 Å². The van der Waals surface area contributed by atoms with E-state index in [1.54, 1.807) is 48.6 Å². The first kappa shape index (κ1) is 25.0. The van der Waals surface area contributed by atoms with Gasteiger partial charge in [-0.15, -0.1) is 0 Å². The Morgan fingerprint density at radius 1 is 0.688 bits per heavy atom. The molecule has 6 nitrogen and oxygen atoms in total. The van der Waals surface area contributed by atoms with Gasteiger partial charge in [-0.05, 0) is 51.0 Å². The van der Waals surface area contributed by atoms with E-state index in [-0.39, 0.29) is 24.3 Å². The highest BCUT2D eigenvalue weighted by molar-refractivity contribution is 5.94. The van der Waals surface area contributed by atoms with Gasteiger partial charge in [0.2, 0.25) is 11.2 Å². The Hall–Kier alpha value is -3.22. The van der Waals surface area contributed by atoms with Crippen molar-refractivity contribution in [3.8, 4) is 0 Å². The van der Waals surface area contributed by atoms with Gasteiger partial charge in [0.1, 0.15) is 13.2 Å². The largest absolute Gasteiger partial charge is 0.459 e. The van der Waals surface area contributed by atoms with Crippen molar-refractivity contribution in [1.82, 2.24) is 0 Å². The van der Waals surface area contributed by atoms with Crippen LogP contribution in [-0.4, -0.2) is 35.4 Å². The van der Waals surface area contributed by atoms with Crippen LogP contribution in [-0.2, 0) is 30.3 Å². The van der Waals surface area contributed by atoms with E-state index in [4.69, 9.17) is 9.47 Å². The van der Waals surface area contributed by atoms with E-state index >= 15 is 0 Å². The molecule has 2 aromatic carbocycles. The number of esters is 2. The topological polar surface area (TPSA) is 93.1 Å². The molecule has 2 N–H and O–H groups in total. The summed E-state index contributed by atoms with van der Waals surface area (Å²) in [5.74, 6) is -2.35. The highest BCUT2D eigenvalue weighted by Crippen LogP contribution is 2.43. The molecule has 170 valence electrons. The molecular formula is C26H30O6. The van der Waals surface area contributed by atoms with Crippen LogP contribution in [0.1, 0.15) is 38.8 Å². The number of benzene rings is 2. The van der Waals surface area contributed by atoms with Crippen LogP contribution in [0.4, 0.5) is 0 Å². The van der Waals surface area contributed by atoms with Crippen LogP contribution >= 0.6 is 0 Å². The average Bonchev–Trinajstić information content (AvgIpc) is 2.78. The summed E-state index contributed by atoms with van der Waals surface area (Å²) in [4.78, 5) is 26.5. The van der Waals surface area contributed by atoms with Gasteiger partial charge in [0, 0.05) is 0 Å². The fraction of sp³-hybridized carbons (Fsp3) is 0.308. The van der Waals surface area contributed by atoms with Crippen LogP contribution in [0.15, 0.2) is 84.0 Å². The minimum Gasteiger partial charge on any atom is -0.459 e. The maximum atomic E-state index is 13.3. The standard InChI is InChI=1S/C26H30O6/c1-19(2)15-17-31-23(27)25(29,21-11-7-5-8-12-21)26(30,22-13-9-6-10-14-22)24(28)32-18-16-20(3)4/h5-16,29-30H,17-18H2,1-4H3. The number of carbonyl (C=O) groups is 2. The first-order chi connectivity index (χ1) is 15.1. The maximum absolute atomic E-state index is 13.3. The van der Waals surface area contributed by atoms with Crippen LogP contribution in [0.2, 0.25) is 0 Å². The van der Waals surface area contributed by atoms with Gasteiger partial charge in [0.15, 0.2) is 0 Å². The monoisotopic (exact) mass is 438 g/mol. The first-order valence-electron chi connectivity index (χ1n) is 10.3. The minimum atomic E-state index is -2.77. The molecule has 0 saturated carbocycles. The Labute approximate surface area is 188 Å². The smallest absolute Gasteiger partial charge is 0.347 e. The molecule has 32 heavy (non-hydrogen) atoms. The molecule has 0 amide bonds. The second-order valence-electron chi connectivity index (χ2n) is 7.91. The zero-order valence-electron chi connectivity index (χ0n) is 18.9. The van der Waals surface area contributed by atoms with E-state index in [0.717, 1.165) is 11.1 Å². The Bertz CT molecular complexity index is 890. The predicted octanol–water partition coefficient (Wildman–Crippen LogP) is 3.78. The number of ether oxygens (including phenoxy) is 2. The fourth-order valence-corrected chi connectivity index (χ4v) is 3.08.